The summed E-state index contributed by atoms with van der Waals surface area (Å²) < 4.78 is 28.9. The molecule has 1 aromatic carbocycles. The highest BCUT2D eigenvalue weighted by atomic mass is 32.2. The maximum Gasteiger partial charge on any atom is 0.297 e. The van der Waals surface area contributed by atoms with E-state index in [0.29, 0.717) is 4.47 Å². The van der Waals surface area contributed by atoms with Gasteiger partial charge in [0.1, 0.15) is 16.2 Å². The van der Waals surface area contributed by atoms with Crippen LogP contribution in [-0.2, 0) is 14.9 Å². The van der Waals surface area contributed by atoms with E-state index in [9.17, 15) is 13.2 Å². The molecule has 0 unspecified atom stereocenters. The van der Waals surface area contributed by atoms with Crippen LogP contribution in [0.3, 0.4) is 0 Å². The first-order chi connectivity index (χ1) is 7.54. The van der Waals surface area contributed by atoms with E-state index in [1.165, 1.54) is 25.3 Å². The van der Waals surface area contributed by atoms with Gasteiger partial charge < -0.3 is 4.74 Å². The molecule has 0 saturated carbocycles. The van der Waals surface area contributed by atoms with E-state index in [4.69, 9.17) is 4.74 Å². The standard InChI is InChI=1S/C9H9NO5S/c1-14-6-4-3-5-7-8(6)9(11)10(15-2)16(7,12)13/h3-5H,1-2H3. The van der Waals surface area contributed by atoms with E-state index >= 15 is 0 Å². The third-order valence-corrected chi connectivity index (χ3v) is 3.90. The van der Waals surface area contributed by atoms with Crippen molar-refractivity contribution in [3.05, 3.63) is 23.8 Å². The number of rotatable bonds is 2. The molecule has 1 aliphatic heterocycles. The first kappa shape index (κ1) is 10.9. The molecule has 0 N–H and O–H groups in total. The Hall–Kier alpha value is -1.60. The monoisotopic (exact) mass is 243 g/mol. The Morgan fingerprint density at radius 1 is 1.25 bits per heavy atom. The second-order valence-electron chi connectivity index (χ2n) is 3.05. The number of ether oxygens (including phenoxy) is 1. The normalized spacial score (nSPS) is 17.4. The minimum Gasteiger partial charge on any atom is -0.496 e. The zero-order valence-electron chi connectivity index (χ0n) is 8.63. The van der Waals surface area contributed by atoms with Gasteiger partial charge in [0.05, 0.1) is 14.2 Å². The molecular weight excluding hydrogens is 234 g/mol. The van der Waals surface area contributed by atoms with Crippen molar-refractivity contribution in [2.24, 2.45) is 0 Å². The largest absolute Gasteiger partial charge is 0.496 e. The molecule has 6 nitrogen and oxygen atoms in total. The number of hydroxylamine groups is 1. The summed E-state index contributed by atoms with van der Waals surface area (Å²) in [6.45, 7) is 0. The summed E-state index contributed by atoms with van der Waals surface area (Å²) in [5, 5.41) is 0. The number of amides is 1. The predicted molar refractivity (Wildman–Crippen MR) is 53.4 cm³/mol. The van der Waals surface area contributed by atoms with Crippen LogP contribution in [0.4, 0.5) is 0 Å². The van der Waals surface area contributed by atoms with E-state index in [2.05, 4.69) is 4.84 Å². The van der Waals surface area contributed by atoms with Crippen LogP contribution in [0.5, 0.6) is 5.75 Å². The summed E-state index contributed by atoms with van der Waals surface area (Å²) >= 11 is 0. The van der Waals surface area contributed by atoms with Gasteiger partial charge in [-0.3, -0.25) is 9.63 Å². The third kappa shape index (κ3) is 1.22. The van der Waals surface area contributed by atoms with E-state index < -0.39 is 15.9 Å². The third-order valence-electron chi connectivity index (χ3n) is 2.25. The number of methoxy groups -OCH3 is 1. The van der Waals surface area contributed by atoms with Crippen molar-refractivity contribution in [2.75, 3.05) is 14.2 Å². The average Bonchev–Trinajstić information content (AvgIpc) is 2.47. The Morgan fingerprint density at radius 2 is 1.94 bits per heavy atom. The topological polar surface area (TPSA) is 72.9 Å². The van der Waals surface area contributed by atoms with Crippen LogP contribution in [-0.4, -0.2) is 33.0 Å². The van der Waals surface area contributed by atoms with Crippen LogP contribution in [0.1, 0.15) is 10.4 Å². The van der Waals surface area contributed by atoms with E-state index in [1.807, 2.05) is 0 Å². The molecule has 86 valence electrons. The molecule has 2 rings (SSSR count). The molecule has 0 saturated heterocycles. The van der Waals surface area contributed by atoms with Crippen LogP contribution in [0.25, 0.3) is 0 Å². The fourth-order valence-electron chi connectivity index (χ4n) is 1.58. The fourth-order valence-corrected chi connectivity index (χ4v) is 2.96. The molecule has 1 heterocycles. The highest BCUT2D eigenvalue weighted by Crippen LogP contribution is 2.35. The Labute approximate surface area is 92.4 Å². The van der Waals surface area contributed by atoms with Crippen molar-refractivity contribution >= 4 is 15.9 Å². The Kier molecular flexibility index (Phi) is 2.36. The van der Waals surface area contributed by atoms with Crippen molar-refractivity contribution < 1.29 is 22.8 Å². The van der Waals surface area contributed by atoms with Crippen molar-refractivity contribution in [3.63, 3.8) is 0 Å². The maximum atomic E-state index is 11.8. The van der Waals surface area contributed by atoms with Crippen LogP contribution in [0.2, 0.25) is 0 Å². The van der Waals surface area contributed by atoms with Crippen molar-refractivity contribution in [1.82, 2.24) is 4.47 Å². The quantitative estimate of drug-likeness (QED) is 0.751. The van der Waals surface area contributed by atoms with E-state index in [-0.39, 0.29) is 16.2 Å². The number of nitrogens with zero attached hydrogens (tertiary/aromatic N) is 1. The number of hydrogen-bond donors (Lipinski definition) is 0. The highest BCUT2D eigenvalue weighted by molar-refractivity contribution is 7.90. The number of carbonyl (C=O) groups is 1. The average molecular weight is 243 g/mol. The molecule has 0 aliphatic carbocycles. The van der Waals surface area contributed by atoms with Crippen LogP contribution in [0.15, 0.2) is 23.1 Å². The summed E-state index contributed by atoms with van der Waals surface area (Å²) in [5.41, 5.74) is 0.00634. The molecule has 0 atom stereocenters. The molecule has 0 radical (unpaired) electrons. The molecule has 1 amide bonds. The van der Waals surface area contributed by atoms with Gasteiger partial charge in [-0.05, 0) is 12.1 Å². The molecule has 16 heavy (non-hydrogen) atoms. The number of fused-ring (bicyclic) bond motifs is 1. The lowest BCUT2D eigenvalue weighted by atomic mass is 10.2. The molecule has 0 bridgehead atoms. The summed E-state index contributed by atoms with van der Waals surface area (Å²) in [7, 11) is -1.41. The van der Waals surface area contributed by atoms with E-state index in [0.717, 1.165) is 7.11 Å². The minimum absolute atomic E-state index is 0.00634. The van der Waals surface area contributed by atoms with Crippen molar-refractivity contribution in [1.29, 1.82) is 0 Å². The fraction of sp³-hybridized carbons (Fsp3) is 0.222. The number of benzene rings is 1. The van der Waals surface area contributed by atoms with Gasteiger partial charge in [-0.15, -0.1) is 4.47 Å². The molecule has 0 spiro atoms. The molecule has 0 aromatic heterocycles. The SMILES string of the molecule is COc1cccc2c1C(=O)N(OC)S2(=O)=O. The summed E-state index contributed by atoms with van der Waals surface area (Å²) in [6, 6.07) is 4.36. The Balaban J connectivity index is 2.76. The van der Waals surface area contributed by atoms with Gasteiger partial charge in [0.15, 0.2) is 0 Å². The summed E-state index contributed by atoms with van der Waals surface area (Å²) in [5.74, 6) is -0.527. The summed E-state index contributed by atoms with van der Waals surface area (Å²) in [6.07, 6.45) is 0. The van der Waals surface area contributed by atoms with Gasteiger partial charge in [0.2, 0.25) is 0 Å². The molecule has 1 aromatic rings. The second-order valence-corrected chi connectivity index (χ2v) is 4.77. The smallest absolute Gasteiger partial charge is 0.297 e. The van der Waals surface area contributed by atoms with Gasteiger partial charge in [0, 0.05) is 0 Å². The first-order valence-corrected chi connectivity index (χ1v) is 5.79. The first-order valence-electron chi connectivity index (χ1n) is 4.34. The maximum absolute atomic E-state index is 11.8. The number of sulfonamides is 1. The van der Waals surface area contributed by atoms with Crippen LogP contribution < -0.4 is 4.74 Å². The second kappa shape index (κ2) is 3.46. The van der Waals surface area contributed by atoms with Gasteiger partial charge in [-0.2, -0.15) is 8.42 Å². The predicted octanol–water partition coefficient (Wildman–Crippen LogP) is 0.401. The molecular formula is C9H9NO5S. The highest BCUT2D eigenvalue weighted by Gasteiger charge is 2.44. The van der Waals surface area contributed by atoms with Crippen molar-refractivity contribution in [2.45, 2.75) is 4.90 Å². The van der Waals surface area contributed by atoms with Gasteiger partial charge in [0.25, 0.3) is 15.9 Å². The zero-order chi connectivity index (χ0) is 11.9. The lowest BCUT2D eigenvalue weighted by Gasteiger charge is -2.09. The van der Waals surface area contributed by atoms with Gasteiger partial charge in [-0.25, -0.2) is 0 Å². The van der Waals surface area contributed by atoms with Gasteiger partial charge in [-0.1, -0.05) is 6.07 Å². The van der Waals surface area contributed by atoms with Crippen LogP contribution in [0, 0.1) is 0 Å². The number of hydrogen-bond acceptors (Lipinski definition) is 5. The minimum atomic E-state index is -3.90. The lowest BCUT2D eigenvalue weighted by molar-refractivity contribution is -0.0255. The van der Waals surface area contributed by atoms with Gasteiger partial charge >= 0.3 is 0 Å². The molecule has 1 aliphatic rings. The summed E-state index contributed by atoms with van der Waals surface area (Å²) in [4.78, 5) is 16.2. The van der Waals surface area contributed by atoms with Crippen LogP contribution >= 0.6 is 0 Å². The lowest BCUT2D eigenvalue weighted by Crippen LogP contribution is -2.28. The Bertz CT molecular complexity index is 551. The number of carbonyl (C=O) groups excluding carboxylic acids is 1. The molecule has 0 fully saturated rings. The molecule has 7 heteroatoms. The Morgan fingerprint density at radius 3 is 2.50 bits per heavy atom. The zero-order valence-corrected chi connectivity index (χ0v) is 9.45. The van der Waals surface area contributed by atoms with Crippen molar-refractivity contribution in [3.8, 4) is 5.75 Å². The van der Waals surface area contributed by atoms with E-state index in [1.54, 1.807) is 0 Å².